The number of carbonyl (C=O) groups excluding carboxylic acids is 1. The summed E-state index contributed by atoms with van der Waals surface area (Å²) in [6.07, 6.45) is -3.03. The molecule has 2 rings (SSSR count). The quantitative estimate of drug-likeness (QED) is 0.765. The van der Waals surface area contributed by atoms with Crippen molar-refractivity contribution in [1.82, 2.24) is 15.1 Å². The maximum Gasteiger partial charge on any atom is 0.434 e. The molecule has 1 heterocycles. The van der Waals surface area contributed by atoms with Gasteiger partial charge in [0, 0.05) is 12.1 Å². The average molecular weight is 372 g/mol. The summed E-state index contributed by atoms with van der Waals surface area (Å²) in [6, 6.07) is 4.89. The van der Waals surface area contributed by atoms with Crippen molar-refractivity contribution in [3.8, 4) is 5.69 Å². The average Bonchev–Trinajstić information content (AvgIpc) is 3.05. The number of aromatic nitrogens is 2. The zero-order chi connectivity index (χ0) is 19.5. The largest absolute Gasteiger partial charge is 0.434 e. The third kappa shape index (κ3) is 4.04. The number of hydrogen-bond donors (Lipinski definition) is 2. The predicted octanol–water partition coefficient (Wildman–Crippen LogP) is 3.28. The van der Waals surface area contributed by atoms with Crippen LogP contribution in [0.1, 0.15) is 42.7 Å². The van der Waals surface area contributed by atoms with Gasteiger partial charge in [0.15, 0.2) is 5.69 Å². The van der Waals surface area contributed by atoms with E-state index in [2.05, 4.69) is 10.4 Å². The molecule has 0 saturated heterocycles. The van der Waals surface area contributed by atoms with Crippen LogP contribution in [0.25, 0.3) is 5.69 Å². The second kappa shape index (κ2) is 7.45. The molecule has 0 bridgehead atoms. The summed E-state index contributed by atoms with van der Waals surface area (Å²) in [5.41, 5.74) is 2.93. The Hall–Kier alpha value is -2.42. The molecule has 9 heteroatoms. The van der Waals surface area contributed by atoms with Gasteiger partial charge in [0.1, 0.15) is 11.5 Å². The van der Waals surface area contributed by atoms with E-state index >= 15 is 0 Å². The first-order valence-electron chi connectivity index (χ1n) is 8.10. The normalized spacial score (nSPS) is 12.3. The second-order valence-electron chi connectivity index (χ2n) is 6.02. The highest BCUT2D eigenvalue weighted by Gasteiger charge is 2.41. The Morgan fingerprint density at radius 2 is 1.85 bits per heavy atom. The number of para-hydroxylation sites is 1. The number of nitrogens with two attached hydrogens (primary N) is 1. The lowest BCUT2D eigenvalue weighted by molar-refractivity contribution is -0.143. The molecule has 0 spiro atoms. The Kier molecular flexibility index (Phi) is 5.70. The number of amides is 1. The molecule has 0 unspecified atom stereocenters. The van der Waals surface area contributed by atoms with Gasteiger partial charge < -0.3 is 11.1 Å². The zero-order valence-electron chi connectivity index (χ0n) is 14.4. The molecule has 142 valence electrons. The maximum atomic E-state index is 13.9. The smallest absolute Gasteiger partial charge is 0.350 e. The van der Waals surface area contributed by atoms with Crippen LogP contribution in [0.15, 0.2) is 30.5 Å². The highest BCUT2D eigenvalue weighted by Crippen LogP contribution is 2.34. The molecule has 0 radical (unpaired) electrons. The van der Waals surface area contributed by atoms with Gasteiger partial charge >= 0.3 is 6.18 Å². The summed E-state index contributed by atoms with van der Waals surface area (Å²) in [5, 5.41) is 6.01. The van der Waals surface area contributed by atoms with E-state index in [0.29, 0.717) is 17.5 Å². The topological polar surface area (TPSA) is 72.9 Å². The molecule has 0 atom stereocenters. The molecule has 1 amide bonds. The Balaban J connectivity index is 2.41. The number of hydrogen-bond acceptors (Lipinski definition) is 3. The maximum absolute atomic E-state index is 13.9. The van der Waals surface area contributed by atoms with Gasteiger partial charge in [-0.1, -0.05) is 26.0 Å². The van der Waals surface area contributed by atoms with Crippen molar-refractivity contribution in [1.29, 1.82) is 0 Å². The first-order valence-corrected chi connectivity index (χ1v) is 8.10. The lowest BCUT2D eigenvalue weighted by Gasteiger charge is -2.26. The minimum atomic E-state index is -4.90. The second-order valence-corrected chi connectivity index (χ2v) is 6.02. The molecule has 0 saturated carbocycles. The Bertz CT molecular complexity index is 781. The van der Waals surface area contributed by atoms with Crippen LogP contribution in [0.4, 0.5) is 17.6 Å². The number of carbonyl (C=O) groups is 1. The molecule has 26 heavy (non-hydrogen) atoms. The SMILES string of the molecule is CCC(N)(CC)CNC(=O)c1cnn(-c2ccccc2F)c1C(F)(F)F. The number of nitrogens with one attached hydrogen (secondary N) is 1. The van der Waals surface area contributed by atoms with E-state index in [1.807, 2.05) is 13.8 Å². The van der Waals surface area contributed by atoms with Gasteiger partial charge in [-0.15, -0.1) is 0 Å². The molecule has 0 aliphatic rings. The third-order valence-electron chi connectivity index (χ3n) is 4.37. The van der Waals surface area contributed by atoms with E-state index in [1.165, 1.54) is 12.1 Å². The monoisotopic (exact) mass is 372 g/mol. The number of nitrogens with zero attached hydrogens (tertiary/aromatic N) is 2. The van der Waals surface area contributed by atoms with Gasteiger partial charge in [-0.2, -0.15) is 18.3 Å². The van der Waals surface area contributed by atoms with Gasteiger partial charge in [-0.3, -0.25) is 4.79 Å². The van der Waals surface area contributed by atoms with Crippen LogP contribution in [0.2, 0.25) is 0 Å². The Morgan fingerprint density at radius 3 is 2.38 bits per heavy atom. The molecule has 3 N–H and O–H groups in total. The molecule has 0 aliphatic heterocycles. The number of halogens is 4. The molecule has 1 aromatic carbocycles. The first kappa shape index (κ1) is 19.9. The van der Waals surface area contributed by atoms with Gasteiger partial charge in [-0.25, -0.2) is 9.07 Å². The van der Waals surface area contributed by atoms with Crippen LogP contribution < -0.4 is 11.1 Å². The fraction of sp³-hybridized carbons (Fsp3) is 0.412. The lowest BCUT2D eigenvalue weighted by atomic mass is 9.94. The van der Waals surface area contributed by atoms with Crippen molar-refractivity contribution >= 4 is 5.91 Å². The predicted molar refractivity (Wildman–Crippen MR) is 88.4 cm³/mol. The van der Waals surface area contributed by atoms with E-state index in [0.717, 1.165) is 18.3 Å². The molecule has 1 aromatic heterocycles. The summed E-state index contributed by atoms with van der Waals surface area (Å²) in [5.74, 6) is -1.84. The molecular weight excluding hydrogens is 352 g/mol. The van der Waals surface area contributed by atoms with E-state index in [-0.39, 0.29) is 6.54 Å². The van der Waals surface area contributed by atoms with Crippen molar-refractivity contribution in [2.24, 2.45) is 5.73 Å². The summed E-state index contributed by atoms with van der Waals surface area (Å²) >= 11 is 0. The fourth-order valence-electron chi connectivity index (χ4n) is 2.45. The summed E-state index contributed by atoms with van der Waals surface area (Å²) in [4.78, 5) is 12.3. The Labute approximate surface area is 148 Å². The van der Waals surface area contributed by atoms with Crippen LogP contribution in [0.3, 0.4) is 0 Å². The van der Waals surface area contributed by atoms with Crippen molar-refractivity contribution in [3.05, 3.63) is 47.5 Å². The van der Waals surface area contributed by atoms with Crippen molar-refractivity contribution in [2.75, 3.05) is 6.54 Å². The minimum Gasteiger partial charge on any atom is -0.350 e. The minimum absolute atomic E-state index is 0.0149. The molecule has 0 aliphatic carbocycles. The Morgan fingerprint density at radius 1 is 1.23 bits per heavy atom. The van der Waals surface area contributed by atoms with Gasteiger partial charge in [0.25, 0.3) is 5.91 Å². The van der Waals surface area contributed by atoms with Crippen LogP contribution in [0.5, 0.6) is 0 Å². The van der Waals surface area contributed by atoms with E-state index < -0.39 is 40.4 Å². The lowest BCUT2D eigenvalue weighted by Crippen LogP contribution is -2.49. The summed E-state index contributed by atoms with van der Waals surface area (Å²) < 4.78 is 54.9. The molecule has 5 nitrogen and oxygen atoms in total. The van der Waals surface area contributed by atoms with Crippen LogP contribution >= 0.6 is 0 Å². The highest BCUT2D eigenvalue weighted by atomic mass is 19.4. The molecular formula is C17H20F4N4O. The molecule has 2 aromatic rings. The van der Waals surface area contributed by atoms with Crippen molar-refractivity contribution in [2.45, 2.75) is 38.4 Å². The summed E-state index contributed by atoms with van der Waals surface area (Å²) in [6.45, 7) is 3.67. The van der Waals surface area contributed by atoms with Crippen LogP contribution in [-0.2, 0) is 6.18 Å². The number of alkyl halides is 3. The number of benzene rings is 1. The third-order valence-corrected chi connectivity index (χ3v) is 4.37. The highest BCUT2D eigenvalue weighted by molar-refractivity contribution is 5.95. The molecule has 0 fully saturated rings. The van der Waals surface area contributed by atoms with Gasteiger partial charge in [0.05, 0.1) is 11.8 Å². The van der Waals surface area contributed by atoms with E-state index in [9.17, 15) is 22.4 Å². The summed E-state index contributed by atoms with van der Waals surface area (Å²) in [7, 11) is 0. The van der Waals surface area contributed by atoms with Crippen molar-refractivity contribution in [3.63, 3.8) is 0 Å². The van der Waals surface area contributed by atoms with E-state index in [1.54, 1.807) is 0 Å². The number of rotatable bonds is 6. The van der Waals surface area contributed by atoms with Gasteiger partial charge in [0.2, 0.25) is 0 Å². The van der Waals surface area contributed by atoms with Gasteiger partial charge in [-0.05, 0) is 25.0 Å². The fourth-order valence-corrected chi connectivity index (χ4v) is 2.45. The van der Waals surface area contributed by atoms with Crippen LogP contribution in [-0.4, -0.2) is 27.8 Å². The standard InChI is InChI=1S/C17H20F4N4O/c1-3-16(22,4-2)10-23-15(26)11-9-24-25(14(11)17(19,20)21)13-8-6-5-7-12(13)18/h5-9H,3-4,10,22H2,1-2H3,(H,23,26). The zero-order valence-corrected chi connectivity index (χ0v) is 14.4. The van der Waals surface area contributed by atoms with Crippen LogP contribution in [0, 0.1) is 5.82 Å². The van der Waals surface area contributed by atoms with Crippen molar-refractivity contribution < 1.29 is 22.4 Å². The van der Waals surface area contributed by atoms with E-state index in [4.69, 9.17) is 5.73 Å². The first-order chi connectivity index (χ1) is 12.1.